The van der Waals surface area contributed by atoms with Crippen molar-refractivity contribution in [2.45, 2.75) is 64.9 Å². The highest BCUT2D eigenvalue weighted by Crippen LogP contribution is 2.53. The Bertz CT molecular complexity index is 463. The number of ketones is 1. The molecule has 1 unspecified atom stereocenters. The molecule has 0 aromatic heterocycles. The molecule has 1 aliphatic heterocycles. The van der Waals surface area contributed by atoms with Crippen LogP contribution in [-0.2, 0) is 14.3 Å². The van der Waals surface area contributed by atoms with Gasteiger partial charge < -0.3 is 4.74 Å². The molecular weight excluding hydrogens is 252 g/mol. The van der Waals surface area contributed by atoms with Crippen molar-refractivity contribution in [1.82, 2.24) is 0 Å². The Morgan fingerprint density at radius 1 is 1.15 bits per heavy atom. The molecular formula is C17H24O3. The first-order valence-electron chi connectivity index (χ1n) is 8.13. The number of hydrogen-bond donors (Lipinski definition) is 0. The molecule has 3 aliphatic rings. The molecule has 0 amide bonds. The lowest BCUT2D eigenvalue weighted by Crippen LogP contribution is -2.32. The first-order chi connectivity index (χ1) is 9.65. The molecule has 0 N–H and O–H groups in total. The largest absolute Gasteiger partial charge is 0.458 e. The van der Waals surface area contributed by atoms with Gasteiger partial charge in [0.2, 0.25) is 0 Å². The first kappa shape index (κ1) is 13.8. The average Bonchev–Trinajstić information content (AvgIpc) is 2.94. The van der Waals surface area contributed by atoms with Crippen LogP contribution in [0.25, 0.3) is 0 Å². The van der Waals surface area contributed by atoms with Crippen molar-refractivity contribution in [1.29, 1.82) is 0 Å². The Hall–Kier alpha value is -1.12. The van der Waals surface area contributed by atoms with E-state index in [-0.39, 0.29) is 29.7 Å². The van der Waals surface area contributed by atoms with Gasteiger partial charge in [0.1, 0.15) is 6.10 Å². The number of Topliss-reactive ketones (excluding diaryl/α,β-unsaturated/α-hetero) is 1. The third kappa shape index (κ3) is 2.02. The second kappa shape index (κ2) is 5.34. The summed E-state index contributed by atoms with van der Waals surface area (Å²) in [5.41, 5.74) is 1.57. The summed E-state index contributed by atoms with van der Waals surface area (Å²) < 4.78 is 5.61. The smallest absolute Gasteiger partial charge is 0.334 e. The molecule has 3 heteroatoms. The lowest BCUT2D eigenvalue weighted by molar-refractivity contribution is -0.148. The van der Waals surface area contributed by atoms with Crippen LogP contribution in [0.3, 0.4) is 0 Å². The molecule has 0 bridgehead atoms. The van der Waals surface area contributed by atoms with Crippen molar-refractivity contribution in [2.24, 2.45) is 17.8 Å². The normalized spacial score (nSPS) is 35.5. The van der Waals surface area contributed by atoms with Crippen molar-refractivity contribution in [3.05, 3.63) is 11.1 Å². The fraction of sp³-hybridized carbons (Fsp3) is 0.765. The van der Waals surface area contributed by atoms with E-state index >= 15 is 0 Å². The third-order valence-corrected chi connectivity index (χ3v) is 5.41. The van der Waals surface area contributed by atoms with Crippen molar-refractivity contribution in [3.63, 3.8) is 0 Å². The summed E-state index contributed by atoms with van der Waals surface area (Å²) >= 11 is 0. The topological polar surface area (TPSA) is 43.4 Å². The fourth-order valence-corrected chi connectivity index (χ4v) is 4.32. The Morgan fingerprint density at radius 3 is 2.70 bits per heavy atom. The molecule has 0 aromatic rings. The SMILES string of the molecule is CCCCCCC1=C2C(=O)C(C)[C@H]3CC[C@@H](OC1=O)[C@@H]23. The summed E-state index contributed by atoms with van der Waals surface area (Å²) in [7, 11) is 0. The number of carbonyl (C=O) groups excluding carboxylic acids is 2. The van der Waals surface area contributed by atoms with Gasteiger partial charge in [-0.1, -0.05) is 33.1 Å². The zero-order valence-corrected chi connectivity index (χ0v) is 12.5. The van der Waals surface area contributed by atoms with Crippen LogP contribution in [0.5, 0.6) is 0 Å². The summed E-state index contributed by atoms with van der Waals surface area (Å²) in [5.74, 6) is 0.741. The molecule has 2 aliphatic carbocycles. The van der Waals surface area contributed by atoms with E-state index in [0.717, 1.165) is 37.7 Å². The van der Waals surface area contributed by atoms with E-state index in [2.05, 4.69) is 6.92 Å². The van der Waals surface area contributed by atoms with E-state index in [1.165, 1.54) is 12.8 Å². The van der Waals surface area contributed by atoms with Crippen LogP contribution >= 0.6 is 0 Å². The minimum atomic E-state index is -0.208. The van der Waals surface area contributed by atoms with Gasteiger partial charge in [-0.2, -0.15) is 0 Å². The van der Waals surface area contributed by atoms with Crippen LogP contribution in [0, 0.1) is 17.8 Å². The van der Waals surface area contributed by atoms with Crippen molar-refractivity contribution in [3.8, 4) is 0 Å². The van der Waals surface area contributed by atoms with Gasteiger partial charge in [-0.15, -0.1) is 0 Å². The quantitative estimate of drug-likeness (QED) is 0.571. The second-order valence-electron chi connectivity index (χ2n) is 6.57. The highest BCUT2D eigenvalue weighted by molar-refractivity contribution is 6.08. The van der Waals surface area contributed by atoms with E-state index in [9.17, 15) is 9.59 Å². The highest BCUT2D eigenvalue weighted by atomic mass is 16.5. The van der Waals surface area contributed by atoms with Gasteiger partial charge >= 0.3 is 5.97 Å². The van der Waals surface area contributed by atoms with Gasteiger partial charge in [0.15, 0.2) is 5.78 Å². The summed E-state index contributed by atoms with van der Waals surface area (Å²) in [4.78, 5) is 24.7. The lowest BCUT2D eigenvalue weighted by atomic mass is 9.87. The number of carbonyl (C=O) groups is 2. The second-order valence-corrected chi connectivity index (χ2v) is 6.57. The van der Waals surface area contributed by atoms with E-state index in [1.54, 1.807) is 0 Å². The third-order valence-electron chi connectivity index (χ3n) is 5.41. The molecule has 2 saturated carbocycles. The van der Waals surface area contributed by atoms with Crippen LogP contribution in [0.4, 0.5) is 0 Å². The van der Waals surface area contributed by atoms with Crippen molar-refractivity contribution < 1.29 is 14.3 Å². The van der Waals surface area contributed by atoms with Crippen LogP contribution in [0.15, 0.2) is 11.1 Å². The first-order valence-corrected chi connectivity index (χ1v) is 8.13. The number of esters is 1. The number of rotatable bonds is 5. The molecule has 3 rings (SSSR count). The number of hydrogen-bond acceptors (Lipinski definition) is 3. The van der Waals surface area contributed by atoms with Crippen LogP contribution in [-0.4, -0.2) is 17.9 Å². The predicted octanol–water partition coefficient (Wildman–Crippen LogP) is 3.42. The molecule has 3 nitrogen and oxygen atoms in total. The van der Waals surface area contributed by atoms with Crippen molar-refractivity contribution >= 4 is 11.8 Å². The number of unbranched alkanes of at least 4 members (excludes halogenated alkanes) is 3. The molecule has 4 atom stereocenters. The zero-order valence-electron chi connectivity index (χ0n) is 12.5. The monoisotopic (exact) mass is 276 g/mol. The van der Waals surface area contributed by atoms with Crippen LogP contribution < -0.4 is 0 Å². The summed E-state index contributed by atoms with van der Waals surface area (Å²) in [6.45, 7) is 4.20. The van der Waals surface area contributed by atoms with Crippen LogP contribution in [0.2, 0.25) is 0 Å². The van der Waals surface area contributed by atoms with Gasteiger partial charge in [0.05, 0.1) is 0 Å². The maximum atomic E-state index is 12.5. The molecule has 0 spiro atoms. The molecule has 0 aromatic carbocycles. The summed E-state index contributed by atoms with van der Waals surface area (Å²) in [5, 5.41) is 0. The molecule has 1 heterocycles. The van der Waals surface area contributed by atoms with Gasteiger partial charge in [0, 0.05) is 23.0 Å². The van der Waals surface area contributed by atoms with Gasteiger partial charge in [-0.05, 0) is 31.6 Å². The Morgan fingerprint density at radius 2 is 1.95 bits per heavy atom. The molecule has 0 radical (unpaired) electrons. The predicted molar refractivity (Wildman–Crippen MR) is 76.1 cm³/mol. The Kier molecular flexibility index (Phi) is 3.70. The van der Waals surface area contributed by atoms with E-state index in [0.29, 0.717) is 11.5 Å². The van der Waals surface area contributed by atoms with Crippen molar-refractivity contribution in [2.75, 3.05) is 0 Å². The zero-order chi connectivity index (χ0) is 14.3. The standard InChI is InChI=1S/C17H24O3/c1-3-4-5-6-7-12-15-14-11(10(2)16(15)18)8-9-13(14)20-17(12)19/h10-11,13-14H,3-9H2,1-2H3/t10?,11-,13-,14+/m1/s1. The molecule has 0 saturated heterocycles. The Labute approximate surface area is 120 Å². The minimum absolute atomic E-state index is 0.0178. The van der Waals surface area contributed by atoms with E-state index in [4.69, 9.17) is 4.74 Å². The highest BCUT2D eigenvalue weighted by Gasteiger charge is 2.55. The fourth-order valence-electron chi connectivity index (χ4n) is 4.32. The Balaban J connectivity index is 1.85. The van der Waals surface area contributed by atoms with Crippen LogP contribution in [0.1, 0.15) is 58.8 Å². The molecule has 2 fully saturated rings. The number of ether oxygens (including phenoxy) is 1. The summed E-state index contributed by atoms with van der Waals surface area (Å²) in [6, 6.07) is 0. The van der Waals surface area contributed by atoms with E-state index in [1.807, 2.05) is 6.92 Å². The maximum absolute atomic E-state index is 12.5. The van der Waals surface area contributed by atoms with Gasteiger partial charge in [-0.25, -0.2) is 4.79 Å². The maximum Gasteiger partial charge on any atom is 0.334 e. The van der Waals surface area contributed by atoms with E-state index < -0.39 is 0 Å². The average molecular weight is 276 g/mol. The van der Waals surface area contributed by atoms with Gasteiger partial charge in [-0.3, -0.25) is 4.79 Å². The van der Waals surface area contributed by atoms with Gasteiger partial charge in [0.25, 0.3) is 0 Å². The lowest BCUT2D eigenvalue weighted by Gasteiger charge is -2.27. The molecule has 20 heavy (non-hydrogen) atoms. The minimum Gasteiger partial charge on any atom is -0.458 e. The molecule has 110 valence electrons. The summed E-state index contributed by atoms with van der Waals surface area (Å²) in [6.07, 6.45) is 7.16.